The molecule has 0 radical (unpaired) electrons. The van der Waals surface area contributed by atoms with Crippen molar-refractivity contribution in [3.05, 3.63) is 416 Å². The van der Waals surface area contributed by atoms with Crippen molar-refractivity contribution in [1.82, 2.24) is 43.6 Å². The second kappa shape index (κ2) is 28.7. The van der Waals surface area contributed by atoms with Crippen LogP contribution in [0, 0.1) is 0 Å². The number of benzene rings is 17. The maximum atomic E-state index is 6.72. The van der Waals surface area contributed by atoms with E-state index in [0.717, 1.165) is 149 Å². The Labute approximate surface area is 768 Å². The Morgan fingerprint density at radius 3 is 1.34 bits per heavy atom. The molecule has 0 bridgehead atoms. The van der Waals surface area contributed by atoms with Crippen LogP contribution in [0.25, 0.3) is 237 Å². The van der Waals surface area contributed by atoms with Gasteiger partial charge in [0.2, 0.25) is 17.8 Å². The molecule has 17 aromatic carbocycles. The van der Waals surface area contributed by atoms with Gasteiger partial charge in [-0.1, -0.05) is 363 Å². The van der Waals surface area contributed by atoms with Crippen molar-refractivity contribution in [1.29, 1.82) is 0 Å². The Morgan fingerprint density at radius 2 is 0.707 bits per heavy atom. The van der Waals surface area contributed by atoms with Gasteiger partial charge in [0.25, 0.3) is 0 Å². The van der Waals surface area contributed by atoms with Crippen LogP contribution in [-0.4, -0.2) is 43.6 Å². The minimum absolute atomic E-state index is 0.177. The molecule has 0 fully saturated rings. The van der Waals surface area contributed by atoms with Gasteiger partial charge in [0.05, 0.1) is 66.4 Å². The molecule has 12 heteroatoms. The zero-order valence-corrected chi connectivity index (χ0v) is 74.4. The minimum Gasteiger partial charge on any atom is -0.456 e. The van der Waals surface area contributed by atoms with Crippen molar-refractivity contribution in [3.8, 4) is 96.5 Å². The van der Waals surface area contributed by atoms with Gasteiger partial charge in [-0.2, -0.15) is 0 Å². The van der Waals surface area contributed by atoms with Gasteiger partial charge in [-0.25, -0.2) is 29.9 Å². The van der Waals surface area contributed by atoms with E-state index in [2.05, 4.69) is 401 Å². The largest absolute Gasteiger partial charge is 0.456 e. The second-order valence-corrected chi connectivity index (χ2v) is 38.1. The summed E-state index contributed by atoms with van der Waals surface area (Å²) < 4.78 is 22.6. The summed E-state index contributed by atoms with van der Waals surface area (Å²) in [6.07, 6.45) is 0. The van der Waals surface area contributed by atoms with E-state index in [0.29, 0.717) is 17.8 Å². The first kappa shape index (κ1) is 76.5. The van der Waals surface area contributed by atoms with E-state index in [1.165, 1.54) is 103 Å². The highest BCUT2D eigenvalue weighted by atomic mass is 32.1. The molecule has 29 rings (SSSR count). The van der Waals surface area contributed by atoms with Crippen LogP contribution in [-0.2, 0) is 16.2 Å². The summed E-state index contributed by atoms with van der Waals surface area (Å²) in [4.78, 5) is 32.3. The lowest BCUT2D eigenvalue weighted by atomic mass is 9.81. The van der Waals surface area contributed by atoms with Gasteiger partial charge in [0.15, 0.2) is 5.58 Å². The predicted octanol–water partition coefficient (Wildman–Crippen LogP) is 31.6. The summed E-state index contributed by atoms with van der Waals surface area (Å²) in [5.41, 5.74) is 32.4. The minimum atomic E-state index is -0.221. The molecular formula is C121H81N9O2S. The topological polar surface area (TPSA) is 118 Å². The van der Waals surface area contributed by atoms with E-state index in [-0.39, 0.29) is 16.2 Å². The van der Waals surface area contributed by atoms with E-state index in [9.17, 15) is 0 Å². The highest BCUT2D eigenvalue weighted by Crippen LogP contribution is 2.60. The van der Waals surface area contributed by atoms with Gasteiger partial charge in [-0.3, -0.25) is 13.7 Å². The number of hydrogen-bond acceptors (Lipinski definition) is 9. The van der Waals surface area contributed by atoms with Crippen LogP contribution in [0.1, 0.15) is 74.9 Å². The molecule has 0 saturated heterocycles. The SMILES string of the molecule is CC1(C)c2ccccc2-c2c1c1c3c(ccc1n2-c1nc(-c2ccccc2)c2ccccc2n1)oc1ccccc13.CC1(C)c2ccccc2-c2c1c1ccc3c4ccccc4oc3c1n2-c1nc(-c2ccccc2)c2ccc3ccccc3c2n1.CC1(C)c2ccccc2-c2c1c1ccc3c4ccccc4sc3c1n2-c1nc(-c2ccccc2)c2cc(-c3ccccc3)ccc2n1. The van der Waals surface area contributed by atoms with Gasteiger partial charge in [0, 0.05) is 124 Å². The Balaban J connectivity index is 0.000000102. The van der Waals surface area contributed by atoms with Crippen LogP contribution in [0.4, 0.5) is 0 Å². The second-order valence-electron chi connectivity index (χ2n) is 37.0. The number of rotatable bonds is 7. The molecule has 628 valence electrons. The number of hydrogen-bond donors (Lipinski definition) is 0. The fourth-order valence-electron chi connectivity index (χ4n) is 22.6. The van der Waals surface area contributed by atoms with Crippen molar-refractivity contribution >= 4 is 152 Å². The molecule has 9 aromatic heterocycles. The molecule has 26 aromatic rings. The molecule has 9 heterocycles. The van der Waals surface area contributed by atoms with Gasteiger partial charge in [-0.05, 0) is 111 Å². The first-order valence-corrected chi connectivity index (χ1v) is 46.4. The zero-order chi connectivity index (χ0) is 88.4. The zero-order valence-electron chi connectivity index (χ0n) is 73.6. The third-order valence-electron chi connectivity index (χ3n) is 28.6. The van der Waals surface area contributed by atoms with Crippen LogP contribution in [0.2, 0.25) is 0 Å². The average molecular weight is 1730 g/mol. The maximum Gasteiger partial charge on any atom is 0.235 e. The Morgan fingerprint density at radius 1 is 0.263 bits per heavy atom. The molecule has 11 nitrogen and oxygen atoms in total. The molecule has 0 saturated carbocycles. The summed E-state index contributed by atoms with van der Waals surface area (Å²) in [5, 5.41) is 16.1. The molecule has 133 heavy (non-hydrogen) atoms. The predicted molar refractivity (Wildman–Crippen MR) is 549 cm³/mol. The molecule has 0 spiro atoms. The molecule has 0 amide bonds. The fourth-order valence-corrected chi connectivity index (χ4v) is 23.9. The third kappa shape index (κ3) is 11.2. The van der Waals surface area contributed by atoms with Gasteiger partial charge < -0.3 is 8.83 Å². The lowest BCUT2D eigenvalue weighted by Crippen LogP contribution is -2.14. The standard InChI is InChI=1S/C43H29N3S.C41H27N3O.C37H25N3O/c1-43(2)34-19-11-9-18-31(34)39-37(43)32-23-22-30-29-17-10-12-20-36(29)47-41(30)40(32)46(39)42-44-35-24-21-28(26-13-5-3-6-14-26)25-33(35)38(45-42)27-15-7-4-8-16-27;1-41(2)32-18-10-8-17-29(32)37-34(41)30-23-22-28-27-16-9-11-19-33(27)45-39(28)38(30)44(37)40-42-35(25-13-4-3-5-14-25)31-21-20-24-12-6-7-15-26(24)36(31)43-40;1-37(2)26-17-9-6-14-23(26)35-33(37)32-28(20-21-30-31(32)25-16-8-11-19-29(25)41-30)40(35)36-38-27-18-10-7-15-24(27)34(39-36)22-12-4-3-5-13-22/h3-25H,1-2H3;3-23H,1-2H3;3-21H,1-2H3. The number of thiophene rings is 1. The van der Waals surface area contributed by atoms with E-state index >= 15 is 0 Å². The third-order valence-corrected chi connectivity index (χ3v) is 29.8. The first-order valence-electron chi connectivity index (χ1n) is 45.6. The van der Waals surface area contributed by atoms with Crippen LogP contribution in [0.3, 0.4) is 0 Å². The number of fused-ring (bicyclic) bond motifs is 32. The normalized spacial score (nSPS) is 13.7. The lowest BCUT2D eigenvalue weighted by Gasteiger charge is -2.21. The summed E-state index contributed by atoms with van der Waals surface area (Å²) in [7, 11) is 0. The van der Waals surface area contributed by atoms with Crippen LogP contribution in [0.5, 0.6) is 0 Å². The number of aromatic nitrogens is 9. The summed E-state index contributed by atoms with van der Waals surface area (Å²) >= 11 is 1.87. The van der Waals surface area contributed by atoms with Crippen molar-refractivity contribution in [2.75, 3.05) is 0 Å². The van der Waals surface area contributed by atoms with Crippen molar-refractivity contribution in [2.24, 2.45) is 0 Å². The molecule has 0 N–H and O–H groups in total. The number of para-hydroxylation sites is 3. The van der Waals surface area contributed by atoms with Crippen molar-refractivity contribution in [3.63, 3.8) is 0 Å². The summed E-state index contributed by atoms with van der Waals surface area (Å²) in [5.74, 6) is 2.02. The molecule has 0 aliphatic heterocycles. The van der Waals surface area contributed by atoms with Gasteiger partial charge >= 0.3 is 0 Å². The van der Waals surface area contributed by atoms with Crippen molar-refractivity contribution < 1.29 is 8.83 Å². The van der Waals surface area contributed by atoms with Gasteiger partial charge in [-0.15, -0.1) is 11.3 Å². The lowest BCUT2D eigenvalue weighted by molar-refractivity contribution is 0.665. The number of furan rings is 2. The summed E-state index contributed by atoms with van der Waals surface area (Å²) in [6.45, 7) is 14.0. The van der Waals surface area contributed by atoms with Crippen LogP contribution in [0.15, 0.2) is 391 Å². The Bertz CT molecular complexity index is 9440. The van der Waals surface area contributed by atoms with E-state index < -0.39 is 0 Å². The maximum absolute atomic E-state index is 6.72. The summed E-state index contributed by atoms with van der Waals surface area (Å²) in [6, 6.07) is 135. The van der Waals surface area contributed by atoms with Gasteiger partial charge in [0.1, 0.15) is 22.3 Å². The molecular weight excluding hydrogens is 1640 g/mol. The fraction of sp³-hybridized carbons (Fsp3) is 0.0744. The van der Waals surface area contributed by atoms with Crippen molar-refractivity contribution in [2.45, 2.75) is 57.8 Å². The number of nitrogens with zero attached hydrogens (tertiary/aromatic N) is 9. The smallest absolute Gasteiger partial charge is 0.235 e. The highest BCUT2D eigenvalue weighted by Gasteiger charge is 2.46. The van der Waals surface area contributed by atoms with E-state index in [4.69, 9.17) is 38.7 Å². The van der Waals surface area contributed by atoms with Crippen LogP contribution >= 0.6 is 11.3 Å². The van der Waals surface area contributed by atoms with E-state index in [1.807, 2.05) is 47.7 Å². The molecule has 0 unspecified atom stereocenters. The quantitative estimate of drug-likeness (QED) is 0.145. The monoisotopic (exact) mass is 1720 g/mol. The Hall–Kier alpha value is -16.5. The Kier molecular flexibility index (Phi) is 16.5. The molecule has 0 atom stereocenters. The molecule has 3 aliphatic carbocycles. The molecule has 3 aliphatic rings. The highest BCUT2D eigenvalue weighted by molar-refractivity contribution is 7.26. The average Bonchev–Trinajstić information content (AvgIpc) is 1.53. The van der Waals surface area contributed by atoms with E-state index in [1.54, 1.807) is 0 Å². The first-order chi connectivity index (χ1) is 65.3. The van der Waals surface area contributed by atoms with Crippen LogP contribution < -0.4 is 0 Å².